The summed E-state index contributed by atoms with van der Waals surface area (Å²) in [6.07, 6.45) is 0. The molecule has 2 aromatic carbocycles. The van der Waals surface area contributed by atoms with Gasteiger partial charge in [-0.25, -0.2) is 17.5 Å². The first-order chi connectivity index (χ1) is 11.8. The number of nitrogens with one attached hydrogen (secondary N) is 1. The van der Waals surface area contributed by atoms with Crippen LogP contribution < -0.4 is 4.72 Å². The maximum absolute atomic E-state index is 13.1. The van der Waals surface area contributed by atoms with Crippen molar-refractivity contribution in [2.24, 2.45) is 0 Å². The molecule has 10 heteroatoms. The molecule has 0 saturated heterocycles. The summed E-state index contributed by atoms with van der Waals surface area (Å²) in [5.41, 5.74) is 0.684. The fourth-order valence-corrected chi connectivity index (χ4v) is 4.12. The first-order valence-corrected chi connectivity index (χ1v) is 9.54. The van der Waals surface area contributed by atoms with E-state index in [2.05, 4.69) is 30.8 Å². The fourth-order valence-electron chi connectivity index (χ4n) is 1.97. The number of aromatic nitrogens is 2. The number of halogens is 3. The topological polar surface area (TPSA) is 85.1 Å². The molecule has 3 aromatic rings. The third kappa shape index (κ3) is 4.24. The zero-order valence-electron chi connectivity index (χ0n) is 12.4. The number of nitrogens with zero attached hydrogens (tertiary/aromatic N) is 2. The van der Waals surface area contributed by atoms with E-state index in [0.717, 1.165) is 18.2 Å². The Morgan fingerprint density at radius 3 is 2.60 bits per heavy atom. The molecule has 1 aromatic heterocycles. The van der Waals surface area contributed by atoms with E-state index < -0.39 is 15.8 Å². The molecule has 25 heavy (non-hydrogen) atoms. The minimum Gasteiger partial charge on any atom is -0.338 e. The molecule has 0 bridgehead atoms. The highest BCUT2D eigenvalue weighted by Crippen LogP contribution is 2.23. The fraction of sp³-hybridized carbons (Fsp3) is 0.0667. The van der Waals surface area contributed by atoms with Gasteiger partial charge < -0.3 is 4.52 Å². The van der Waals surface area contributed by atoms with Crippen molar-refractivity contribution in [3.63, 3.8) is 0 Å². The van der Waals surface area contributed by atoms with Gasteiger partial charge in [0, 0.05) is 15.1 Å². The van der Waals surface area contributed by atoms with Crippen molar-refractivity contribution in [2.75, 3.05) is 0 Å². The smallest absolute Gasteiger partial charge is 0.242 e. The Hall–Kier alpha value is -1.81. The first-order valence-electron chi connectivity index (χ1n) is 6.88. The van der Waals surface area contributed by atoms with Crippen LogP contribution in [0.15, 0.2) is 56.4 Å². The van der Waals surface area contributed by atoms with E-state index in [9.17, 15) is 12.8 Å². The summed E-state index contributed by atoms with van der Waals surface area (Å²) in [6.45, 7) is -0.202. The van der Waals surface area contributed by atoms with Gasteiger partial charge in [-0.2, -0.15) is 4.98 Å². The Bertz CT molecular complexity index is 1010. The van der Waals surface area contributed by atoms with Gasteiger partial charge in [-0.1, -0.05) is 16.8 Å². The molecule has 130 valence electrons. The van der Waals surface area contributed by atoms with Crippen LogP contribution in [-0.4, -0.2) is 18.6 Å². The highest BCUT2D eigenvalue weighted by Gasteiger charge is 2.19. The van der Waals surface area contributed by atoms with Crippen LogP contribution in [0.1, 0.15) is 5.89 Å². The van der Waals surface area contributed by atoms with E-state index in [1.165, 1.54) is 0 Å². The van der Waals surface area contributed by atoms with Gasteiger partial charge >= 0.3 is 0 Å². The number of benzene rings is 2. The van der Waals surface area contributed by atoms with Crippen LogP contribution in [0, 0.1) is 5.82 Å². The number of hydrogen-bond acceptors (Lipinski definition) is 5. The van der Waals surface area contributed by atoms with Crippen molar-refractivity contribution in [3.05, 3.63) is 63.7 Å². The average molecular weight is 447 g/mol. The van der Waals surface area contributed by atoms with Crippen LogP contribution in [-0.2, 0) is 16.6 Å². The van der Waals surface area contributed by atoms with Gasteiger partial charge in [0.2, 0.25) is 21.7 Å². The molecule has 6 nitrogen and oxygen atoms in total. The molecule has 3 rings (SSSR count). The van der Waals surface area contributed by atoms with Crippen LogP contribution in [0.2, 0.25) is 5.02 Å². The molecule has 0 fully saturated rings. The lowest BCUT2D eigenvalue weighted by molar-refractivity contribution is 0.376. The number of sulfonamides is 1. The van der Waals surface area contributed by atoms with E-state index in [0.29, 0.717) is 16.4 Å². The van der Waals surface area contributed by atoms with Crippen LogP contribution in [0.25, 0.3) is 11.4 Å². The molecule has 0 saturated carbocycles. The van der Waals surface area contributed by atoms with Gasteiger partial charge in [-0.3, -0.25) is 0 Å². The normalized spacial score (nSPS) is 11.6. The third-order valence-corrected chi connectivity index (χ3v) is 5.80. The summed E-state index contributed by atoms with van der Waals surface area (Å²) in [7, 11) is -3.88. The van der Waals surface area contributed by atoms with E-state index in [1.54, 1.807) is 24.3 Å². The number of hydrogen-bond donors (Lipinski definition) is 1. The third-order valence-electron chi connectivity index (χ3n) is 3.17. The first kappa shape index (κ1) is 18.0. The van der Waals surface area contributed by atoms with Gasteiger partial charge in [0.15, 0.2) is 0 Å². The van der Waals surface area contributed by atoms with Crippen LogP contribution in [0.3, 0.4) is 0 Å². The molecule has 0 amide bonds. The van der Waals surface area contributed by atoms with Crippen LogP contribution in [0.4, 0.5) is 4.39 Å². The minimum atomic E-state index is -3.88. The van der Waals surface area contributed by atoms with Gasteiger partial charge in [-0.15, -0.1) is 0 Å². The Morgan fingerprint density at radius 1 is 1.20 bits per heavy atom. The van der Waals surface area contributed by atoms with Crippen LogP contribution >= 0.6 is 27.5 Å². The molecular weight excluding hydrogens is 437 g/mol. The average Bonchev–Trinajstić information content (AvgIpc) is 3.02. The Morgan fingerprint density at radius 2 is 1.92 bits per heavy atom. The number of rotatable bonds is 5. The molecular formula is C15H10BrClFN3O3S. The monoisotopic (exact) mass is 445 g/mol. The molecule has 1 N–H and O–H groups in total. The lowest BCUT2D eigenvalue weighted by Crippen LogP contribution is -2.23. The SMILES string of the molecule is O=S(=O)(NCc1nc(-c2ccc(Cl)cc2)no1)c1ccc(F)cc1Br. The summed E-state index contributed by atoms with van der Waals surface area (Å²) < 4.78 is 45.1. The van der Waals surface area contributed by atoms with Crippen molar-refractivity contribution in [1.29, 1.82) is 0 Å². The van der Waals surface area contributed by atoms with Crippen molar-refractivity contribution >= 4 is 37.6 Å². The van der Waals surface area contributed by atoms with E-state index >= 15 is 0 Å². The molecule has 0 spiro atoms. The Kier molecular flexibility index (Phi) is 5.19. The highest BCUT2D eigenvalue weighted by atomic mass is 79.9. The molecule has 0 aliphatic heterocycles. The largest absolute Gasteiger partial charge is 0.338 e. The maximum atomic E-state index is 13.1. The zero-order chi connectivity index (χ0) is 18.0. The lowest BCUT2D eigenvalue weighted by Gasteiger charge is -2.06. The molecule has 1 heterocycles. The van der Waals surface area contributed by atoms with Crippen LogP contribution in [0.5, 0.6) is 0 Å². The molecule has 0 unspecified atom stereocenters. The predicted molar refractivity (Wildman–Crippen MR) is 92.9 cm³/mol. The second kappa shape index (κ2) is 7.20. The van der Waals surface area contributed by atoms with E-state index in [-0.39, 0.29) is 21.8 Å². The second-order valence-corrected chi connectivity index (χ2v) is 7.94. The summed E-state index contributed by atoms with van der Waals surface area (Å²) in [4.78, 5) is 4.03. The molecule has 0 aliphatic rings. The predicted octanol–water partition coefficient (Wildman–Crippen LogP) is 3.77. The van der Waals surface area contributed by atoms with Gasteiger partial charge in [-0.05, 0) is 58.4 Å². The van der Waals surface area contributed by atoms with Gasteiger partial charge in [0.25, 0.3) is 0 Å². The Balaban J connectivity index is 1.74. The second-order valence-electron chi connectivity index (χ2n) is 4.92. The van der Waals surface area contributed by atoms with Gasteiger partial charge in [0.1, 0.15) is 5.82 Å². The standard InChI is InChI=1S/C15H10BrClFN3O3S/c16-12-7-11(18)5-6-13(12)25(22,23)19-8-14-20-15(21-24-14)9-1-3-10(17)4-2-9/h1-7,19H,8H2. The zero-order valence-corrected chi connectivity index (χ0v) is 15.6. The highest BCUT2D eigenvalue weighted by molar-refractivity contribution is 9.10. The molecule has 0 radical (unpaired) electrons. The summed E-state index contributed by atoms with van der Waals surface area (Å²) in [5.74, 6) is -0.143. The molecule has 0 aliphatic carbocycles. The maximum Gasteiger partial charge on any atom is 0.242 e. The van der Waals surface area contributed by atoms with E-state index in [4.69, 9.17) is 16.1 Å². The van der Waals surface area contributed by atoms with Crippen molar-refractivity contribution < 1.29 is 17.3 Å². The van der Waals surface area contributed by atoms with Gasteiger partial charge in [0.05, 0.1) is 11.4 Å². The van der Waals surface area contributed by atoms with Crippen molar-refractivity contribution in [3.8, 4) is 11.4 Å². The molecule has 0 atom stereocenters. The Labute approximate surface area is 156 Å². The summed E-state index contributed by atoms with van der Waals surface area (Å²) in [6, 6.07) is 10.1. The van der Waals surface area contributed by atoms with Crippen molar-refractivity contribution in [1.82, 2.24) is 14.9 Å². The summed E-state index contributed by atoms with van der Waals surface area (Å²) >= 11 is 8.85. The quantitative estimate of drug-likeness (QED) is 0.645. The lowest BCUT2D eigenvalue weighted by atomic mass is 10.2. The van der Waals surface area contributed by atoms with Crippen molar-refractivity contribution in [2.45, 2.75) is 11.4 Å². The summed E-state index contributed by atoms with van der Waals surface area (Å²) in [5, 5.41) is 4.37. The van der Waals surface area contributed by atoms with E-state index in [1.807, 2.05) is 0 Å². The minimum absolute atomic E-state index is 0.0896.